The highest BCUT2D eigenvalue weighted by atomic mass is 16.2. The lowest BCUT2D eigenvalue weighted by molar-refractivity contribution is -0.128. The van der Waals surface area contributed by atoms with Crippen LogP contribution in [0.5, 0.6) is 0 Å². The van der Waals surface area contributed by atoms with Crippen LogP contribution in [-0.2, 0) is 4.79 Å². The molecule has 1 aromatic rings. The number of aryl methyl sites for hydroxylation is 1. The molecule has 110 valence electrons. The first-order valence-electron chi connectivity index (χ1n) is 7.38. The number of benzene rings is 1. The molecule has 0 aromatic heterocycles. The van der Waals surface area contributed by atoms with Gasteiger partial charge in [0, 0.05) is 45.7 Å². The highest BCUT2D eigenvalue weighted by Gasteiger charge is 2.23. The summed E-state index contributed by atoms with van der Waals surface area (Å²) in [5, 5.41) is 0. The average Bonchev–Trinajstić information content (AvgIpc) is 2.68. The second-order valence-corrected chi connectivity index (χ2v) is 5.50. The van der Waals surface area contributed by atoms with E-state index in [2.05, 4.69) is 36.1 Å². The number of carbonyl (C=O) groups is 1. The molecule has 1 amide bonds. The molecule has 0 saturated carbocycles. The smallest absolute Gasteiger partial charge is 0.219 e. The minimum absolute atomic E-state index is 0.173. The molecule has 4 heteroatoms. The first-order chi connectivity index (χ1) is 9.63. The van der Waals surface area contributed by atoms with Crippen molar-refractivity contribution in [3.8, 4) is 0 Å². The van der Waals surface area contributed by atoms with Crippen molar-refractivity contribution in [2.24, 2.45) is 5.73 Å². The van der Waals surface area contributed by atoms with Gasteiger partial charge in [-0.05, 0) is 24.5 Å². The Morgan fingerprint density at radius 3 is 2.65 bits per heavy atom. The van der Waals surface area contributed by atoms with E-state index < -0.39 is 0 Å². The summed E-state index contributed by atoms with van der Waals surface area (Å²) in [4.78, 5) is 15.9. The maximum atomic E-state index is 11.5. The Morgan fingerprint density at radius 2 is 2.00 bits per heavy atom. The van der Waals surface area contributed by atoms with E-state index in [-0.39, 0.29) is 11.9 Å². The zero-order valence-electron chi connectivity index (χ0n) is 12.5. The van der Waals surface area contributed by atoms with Gasteiger partial charge in [-0.3, -0.25) is 9.69 Å². The fraction of sp³-hybridized carbons (Fsp3) is 0.562. The van der Waals surface area contributed by atoms with Crippen LogP contribution in [0.4, 0.5) is 0 Å². The molecular formula is C16H25N3O. The molecule has 1 aliphatic rings. The Bertz CT molecular complexity index is 461. The molecule has 1 heterocycles. The summed E-state index contributed by atoms with van der Waals surface area (Å²) < 4.78 is 0. The molecular weight excluding hydrogens is 250 g/mol. The number of hydrogen-bond donors (Lipinski definition) is 1. The van der Waals surface area contributed by atoms with E-state index in [1.165, 1.54) is 11.1 Å². The molecule has 0 aliphatic carbocycles. The van der Waals surface area contributed by atoms with Gasteiger partial charge in [0.15, 0.2) is 0 Å². The van der Waals surface area contributed by atoms with Gasteiger partial charge in [-0.2, -0.15) is 0 Å². The third-order valence-corrected chi connectivity index (χ3v) is 4.19. The van der Waals surface area contributed by atoms with Gasteiger partial charge in [-0.15, -0.1) is 0 Å². The lowest BCUT2D eigenvalue weighted by Gasteiger charge is -2.31. The normalized spacial score (nSPS) is 18.6. The predicted octanol–water partition coefficient (Wildman–Crippen LogP) is 1.55. The standard InChI is InChI=1S/C16H25N3O/c1-13-6-3-4-7-15(13)16(12-17)19-9-5-8-18(10-11-19)14(2)20/h3-4,6-7,16H,5,8-12,17H2,1-2H3. The number of hydrogen-bond acceptors (Lipinski definition) is 3. The Balaban J connectivity index is 2.12. The minimum Gasteiger partial charge on any atom is -0.342 e. The van der Waals surface area contributed by atoms with E-state index in [1.54, 1.807) is 6.92 Å². The highest BCUT2D eigenvalue weighted by Crippen LogP contribution is 2.24. The Morgan fingerprint density at radius 1 is 1.25 bits per heavy atom. The Hall–Kier alpha value is -1.39. The summed E-state index contributed by atoms with van der Waals surface area (Å²) in [6.45, 7) is 7.96. The summed E-state index contributed by atoms with van der Waals surface area (Å²) in [5.74, 6) is 0.173. The van der Waals surface area contributed by atoms with Gasteiger partial charge in [0.25, 0.3) is 0 Å². The monoisotopic (exact) mass is 275 g/mol. The minimum atomic E-state index is 0.173. The summed E-state index contributed by atoms with van der Waals surface area (Å²) in [5.41, 5.74) is 8.63. The van der Waals surface area contributed by atoms with Crippen LogP contribution in [0.25, 0.3) is 0 Å². The van der Waals surface area contributed by atoms with E-state index in [9.17, 15) is 4.79 Å². The highest BCUT2D eigenvalue weighted by molar-refractivity contribution is 5.73. The quantitative estimate of drug-likeness (QED) is 0.910. The van der Waals surface area contributed by atoms with Crippen molar-refractivity contribution in [1.29, 1.82) is 0 Å². The Labute approximate surface area is 121 Å². The number of rotatable bonds is 3. The van der Waals surface area contributed by atoms with E-state index in [1.807, 2.05) is 4.90 Å². The van der Waals surface area contributed by atoms with Gasteiger partial charge in [0.1, 0.15) is 0 Å². The number of amides is 1. The molecule has 0 radical (unpaired) electrons. The molecule has 1 aromatic carbocycles. The summed E-state index contributed by atoms with van der Waals surface area (Å²) in [7, 11) is 0. The fourth-order valence-corrected chi connectivity index (χ4v) is 3.00. The zero-order chi connectivity index (χ0) is 14.5. The first kappa shape index (κ1) is 15.0. The van der Waals surface area contributed by atoms with Gasteiger partial charge < -0.3 is 10.6 Å². The number of carbonyl (C=O) groups excluding carboxylic acids is 1. The van der Waals surface area contributed by atoms with Crippen LogP contribution in [0.15, 0.2) is 24.3 Å². The first-order valence-corrected chi connectivity index (χ1v) is 7.38. The average molecular weight is 275 g/mol. The van der Waals surface area contributed by atoms with Crippen molar-refractivity contribution < 1.29 is 4.79 Å². The van der Waals surface area contributed by atoms with E-state index in [4.69, 9.17) is 5.73 Å². The molecule has 2 N–H and O–H groups in total. The third-order valence-electron chi connectivity index (χ3n) is 4.19. The number of nitrogens with two attached hydrogens (primary N) is 1. The van der Waals surface area contributed by atoms with Crippen LogP contribution < -0.4 is 5.73 Å². The van der Waals surface area contributed by atoms with Crippen molar-refractivity contribution in [3.05, 3.63) is 35.4 Å². The lowest BCUT2D eigenvalue weighted by atomic mass is 10.00. The molecule has 0 bridgehead atoms. The topological polar surface area (TPSA) is 49.6 Å². The van der Waals surface area contributed by atoms with Gasteiger partial charge in [-0.25, -0.2) is 0 Å². The molecule has 1 unspecified atom stereocenters. The Kier molecular flexibility index (Phi) is 5.15. The third kappa shape index (κ3) is 3.38. The van der Waals surface area contributed by atoms with E-state index >= 15 is 0 Å². The van der Waals surface area contributed by atoms with Crippen molar-refractivity contribution in [1.82, 2.24) is 9.80 Å². The molecule has 1 atom stereocenters. The molecule has 20 heavy (non-hydrogen) atoms. The van der Waals surface area contributed by atoms with Crippen LogP contribution in [0.3, 0.4) is 0 Å². The van der Waals surface area contributed by atoms with Gasteiger partial charge in [0.2, 0.25) is 5.91 Å². The molecule has 1 fully saturated rings. The zero-order valence-corrected chi connectivity index (χ0v) is 12.5. The molecule has 0 spiro atoms. The lowest BCUT2D eigenvalue weighted by Crippen LogP contribution is -2.38. The van der Waals surface area contributed by atoms with Crippen LogP contribution in [0, 0.1) is 6.92 Å². The second-order valence-electron chi connectivity index (χ2n) is 5.50. The van der Waals surface area contributed by atoms with Crippen LogP contribution in [-0.4, -0.2) is 48.4 Å². The van der Waals surface area contributed by atoms with Gasteiger partial charge in [0.05, 0.1) is 0 Å². The maximum absolute atomic E-state index is 11.5. The predicted molar refractivity (Wildman–Crippen MR) is 81.4 cm³/mol. The van der Waals surface area contributed by atoms with Crippen LogP contribution >= 0.6 is 0 Å². The molecule has 2 rings (SSSR count). The van der Waals surface area contributed by atoms with Crippen molar-refractivity contribution in [3.63, 3.8) is 0 Å². The van der Waals surface area contributed by atoms with Crippen LogP contribution in [0.1, 0.15) is 30.5 Å². The van der Waals surface area contributed by atoms with Crippen molar-refractivity contribution in [2.75, 3.05) is 32.7 Å². The summed E-state index contributed by atoms with van der Waals surface area (Å²) >= 11 is 0. The molecule has 1 aliphatic heterocycles. The van der Waals surface area contributed by atoms with Crippen molar-refractivity contribution in [2.45, 2.75) is 26.3 Å². The van der Waals surface area contributed by atoms with E-state index in [0.717, 1.165) is 32.6 Å². The largest absolute Gasteiger partial charge is 0.342 e. The van der Waals surface area contributed by atoms with Gasteiger partial charge in [-0.1, -0.05) is 24.3 Å². The summed E-state index contributed by atoms with van der Waals surface area (Å²) in [6, 6.07) is 8.69. The SMILES string of the molecule is CC(=O)N1CCCN(C(CN)c2ccccc2C)CC1. The van der Waals surface area contributed by atoms with Gasteiger partial charge >= 0.3 is 0 Å². The fourth-order valence-electron chi connectivity index (χ4n) is 3.00. The maximum Gasteiger partial charge on any atom is 0.219 e. The van der Waals surface area contributed by atoms with Crippen LogP contribution in [0.2, 0.25) is 0 Å². The van der Waals surface area contributed by atoms with E-state index in [0.29, 0.717) is 6.54 Å². The summed E-state index contributed by atoms with van der Waals surface area (Å²) in [6.07, 6.45) is 1.02. The van der Waals surface area contributed by atoms with Crippen molar-refractivity contribution >= 4 is 5.91 Å². The number of nitrogens with zero attached hydrogens (tertiary/aromatic N) is 2. The molecule has 1 saturated heterocycles. The second kappa shape index (κ2) is 6.86. The molecule has 4 nitrogen and oxygen atoms in total.